The predicted molar refractivity (Wildman–Crippen MR) is 66.8 cm³/mol. The second-order valence-corrected chi connectivity index (χ2v) is 4.12. The number of hydrogen-bond acceptors (Lipinski definition) is 1. The van der Waals surface area contributed by atoms with Gasteiger partial charge >= 0.3 is 0 Å². The van der Waals surface area contributed by atoms with Crippen molar-refractivity contribution in [3.05, 3.63) is 66.0 Å². The lowest BCUT2D eigenvalue weighted by Crippen LogP contribution is -3.00. The van der Waals surface area contributed by atoms with E-state index in [1.165, 1.54) is 5.56 Å². The van der Waals surface area contributed by atoms with E-state index in [-0.39, 0.29) is 22.8 Å². The molecule has 94 valence electrons. The molecule has 0 fully saturated rings. The molecule has 2 aromatic rings. The lowest BCUT2D eigenvalue weighted by molar-refractivity contribution is -0.696. The number of aryl methyl sites for hydroxylation is 2. The molecule has 0 amide bonds. The zero-order chi connectivity index (χ0) is 12.1. The van der Waals surface area contributed by atoms with Gasteiger partial charge in [-0.1, -0.05) is 30.3 Å². The lowest BCUT2D eigenvalue weighted by Gasteiger charge is -1.99. The average molecular weight is 306 g/mol. The molecule has 1 aromatic carbocycles. The molecule has 0 aliphatic rings. The summed E-state index contributed by atoms with van der Waals surface area (Å²) in [5.41, 5.74) is 2.08. The SMILES string of the molecule is CC(=O)c1ccc[n+](CCc2ccccc2)c1.[Br-]. The van der Waals surface area contributed by atoms with E-state index in [1.807, 2.05) is 42.7 Å². The van der Waals surface area contributed by atoms with Crippen LogP contribution in [-0.2, 0) is 13.0 Å². The van der Waals surface area contributed by atoms with Crippen molar-refractivity contribution in [1.82, 2.24) is 0 Å². The normalized spacial score (nSPS) is 9.61. The minimum absolute atomic E-state index is 0. The van der Waals surface area contributed by atoms with Gasteiger partial charge in [-0.25, -0.2) is 4.57 Å². The zero-order valence-electron chi connectivity index (χ0n) is 10.3. The van der Waals surface area contributed by atoms with Crippen molar-refractivity contribution in [1.29, 1.82) is 0 Å². The van der Waals surface area contributed by atoms with Gasteiger partial charge in [0.1, 0.15) is 0 Å². The number of nitrogens with zero attached hydrogens (tertiary/aromatic N) is 1. The summed E-state index contributed by atoms with van der Waals surface area (Å²) >= 11 is 0. The van der Waals surface area contributed by atoms with Gasteiger partial charge in [-0.2, -0.15) is 0 Å². The molecule has 3 heteroatoms. The fourth-order valence-electron chi connectivity index (χ4n) is 1.77. The Kier molecular flexibility index (Phi) is 5.72. The second kappa shape index (κ2) is 7.07. The first kappa shape index (κ1) is 14.6. The van der Waals surface area contributed by atoms with Crippen molar-refractivity contribution in [3.8, 4) is 0 Å². The summed E-state index contributed by atoms with van der Waals surface area (Å²) in [5, 5.41) is 0. The molecule has 0 radical (unpaired) electrons. The summed E-state index contributed by atoms with van der Waals surface area (Å²) in [6, 6.07) is 14.1. The Morgan fingerprint density at radius 2 is 1.83 bits per heavy atom. The van der Waals surface area contributed by atoms with E-state index in [4.69, 9.17) is 0 Å². The Labute approximate surface area is 118 Å². The van der Waals surface area contributed by atoms with Gasteiger partial charge in [-0.15, -0.1) is 0 Å². The molecule has 0 spiro atoms. The number of aromatic nitrogens is 1. The first-order valence-electron chi connectivity index (χ1n) is 5.80. The molecule has 0 bridgehead atoms. The highest BCUT2D eigenvalue weighted by molar-refractivity contribution is 5.93. The molecule has 0 aliphatic heterocycles. The zero-order valence-corrected chi connectivity index (χ0v) is 11.9. The van der Waals surface area contributed by atoms with E-state index < -0.39 is 0 Å². The predicted octanol–water partition coefficient (Wildman–Crippen LogP) is -0.577. The number of carbonyl (C=O) groups excluding carboxylic acids is 1. The highest BCUT2D eigenvalue weighted by Crippen LogP contribution is 2.00. The van der Waals surface area contributed by atoms with Crippen molar-refractivity contribution in [2.24, 2.45) is 0 Å². The first-order chi connectivity index (χ1) is 8.25. The fraction of sp³-hybridized carbons (Fsp3) is 0.200. The average Bonchev–Trinajstić information content (AvgIpc) is 2.38. The maximum atomic E-state index is 11.3. The van der Waals surface area contributed by atoms with Gasteiger partial charge in [0.2, 0.25) is 0 Å². The number of carbonyl (C=O) groups is 1. The molecule has 0 saturated heterocycles. The van der Waals surface area contributed by atoms with Crippen LogP contribution >= 0.6 is 0 Å². The van der Waals surface area contributed by atoms with Crippen LogP contribution in [0, 0.1) is 0 Å². The number of halogens is 1. The van der Waals surface area contributed by atoms with E-state index >= 15 is 0 Å². The summed E-state index contributed by atoms with van der Waals surface area (Å²) in [6.45, 7) is 2.49. The minimum atomic E-state index is 0. The van der Waals surface area contributed by atoms with Crippen LogP contribution in [0.4, 0.5) is 0 Å². The van der Waals surface area contributed by atoms with Crippen molar-refractivity contribution >= 4 is 5.78 Å². The van der Waals surface area contributed by atoms with Gasteiger partial charge in [0.25, 0.3) is 0 Å². The van der Waals surface area contributed by atoms with Crippen LogP contribution < -0.4 is 21.5 Å². The molecule has 1 heterocycles. The Morgan fingerprint density at radius 3 is 2.50 bits per heavy atom. The summed E-state index contributed by atoms with van der Waals surface area (Å²) in [5.74, 6) is 0.110. The van der Waals surface area contributed by atoms with Crippen molar-refractivity contribution in [2.75, 3.05) is 0 Å². The summed E-state index contributed by atoms with van der Waals surface area (Å²) < 4.78 is 2.06. The Hall–Kier alpha value is -1.48. The Balaban J connectivity index is 0.00000162. The number of pyridine rings is 1. The van der Waals surface area contributed by atoms with E-state index in [2.05, 4.69) is 16.7 Å². The van der Waals surface area contributed by atoms with Crippen LogP contribution in [0.25, 0.3) is 0 Å². The molecule has 2 rings (SSSR count). The maximum Gasteiger partial charge on any atom is 0.179 e. The molecular formula is C15H16BrNO. The number of Topliss-reactive ketones (excluding diaryl/α,β-unsaturated/α-hetero) is 1. The van der Waals surface area contributed by atoms with Crippen molar-refractivity contribution in [2.45, 2.75) is 19.9 Å². The van der Waals surface area contributed by atoms with Gasteiger partial charge in [0, 0.05) is 12.5 Å². The smallest absolute Gasteiger partial charge is 0.179 e. The third-order valence-corrected chi connectivity index (χ3v) is 2.77. The Bertz CT molecular complexity index is 511. The van der Waals surface area contributed by atoms with Crippen LogP contribution in [0.2, 0.25) is 0 Å². The van der Waals surface area contributed by atoms with Crippen molar-refractivity contribution in [3.63, 3.8) is 0 Å². The molecule has 0 aliphatic carbocycles. The number of benzene rings is 1. The summed E-state index contributed by atoms with van der Waals surface area (Å²) in [4.78, 5) is 11.3. The van der Waals surface area contributed by atoms with E-state index in [1.54, 1.807) is 6.92 Å². The molecule has 0 saturated carbocycles. The molecule has 1 aromatic heterocycles. The van der Waals surface area contributed by atoms with Gasteiger partial charge in [-0.3, -0.25) is 4.79 Å². The molecule has 0 N–H and O–H groups in total. The topological polar surface area (TPSA) is 20.9 Å². The highest BCUT2D eigenvalue weighted by atomic mass is 79.9. The second-order valence-electron chi connectivity index (χ2n) is 4.12. The van der Waals surface area contributed by atoms with Crippen molar-refractivity contribution < 1.29 is 26.3 Å². The third kappa shape index (κ3) is 4.08. The molecule has 18 heavy (non-hydrogen) atoms. The molecular weight excluding hydrogens is 290 g/mol. The third-order valence-electron chi connectivity index (χ3n) is 2.77. The van der Waals surface area contributed by atoms with Crippen LogP contribution in [0.1, 0.15) is 22.8 Å². The molecule has 0 unspecified atom stereocenters. The number of ketones is 1. The van der Waals surface area contributed by atoms with Crippen LogP contribution in [0.5, 0.6) is 0 Å². The molecule has 2 nitrogen and oxygen atoms in total. The lowest BCUT2D eigenvalue weighted by atomic mass is 10.1. The Morgan fingerprint density at radius 1 is 1.11 bits per heavy atom. The maximum absolute atomic E-state index is 11.3. The first-order valence-corrected chi connectivity index (χ1v) is 5.80. The van der Waals surface area contributed by atoms with Gasteiger partial charge in [-0.05, 0) is 18.6 Å². The molecule has 0 atom stereocenters. The fourth-order valence-corrected chi connectivity index (χ4v) is 1.77. The summed E-state index contributed by atoms with van der Waals surface area (Å²) in [6.07, 6.45) is 4.88. The largest absolute Gasteiger partial charge is 1.00 e. The van der Waals surface area contributed by atoms with E-state index in [0.717, 1.165) is 18.5 Å². The van der Waals surface area contributed by atoms with Crippen LogP contribution in [-0.4, -0.2) is 5.78 Å². The quantitative estimate of drug-likeness (QED) is 0.547. The van der Waals surface area contributed by atoms with Gasteiger partial charge < -0.3 is 17.0 Å². The standard InChI is InChI=1S/C15H16NO.BrH/c1-13(17)15-8-5-10-16(12-15)11-9-14-6-3-2-4-7-14;/h2-8,10,12H,9,11H2,1H3;1H/q+1;/p-1. The monoisotopic (exact) mass is 305 g/mol. The summed E-state index contributed by atoms with van der Waals surface area (Å²) in [7, 11) is 0. The van der Waals surface area contributed by atoms with E-state index in [9.17, 15) is 4.79 Å². The van der Waals surface area contributed by atoms with Crippen LogP contribution in [0.3, 0.4) is 0 Å². The van der Waals surface area contributed by atoms with Gasteiger partial charge in [0.15, 0.2) is 24.7 Å². The highest BCUT2D eigenvalue weighted by Gasteiger charge is 2.06. The van der Waals surface area contributed by atoms with Crippen LogP contribution in [0.15, 0.2) is 54.9 Å². The number of rotatable bonds is 4. The number of hydrogen-bond donors (Lipinski definition) is 0. The van der Waals surface area contributed by atoms with Gasteiger partial charge in [0.05, 0.1) is 5.56 Å². The minimum Gasteiger partial charge on any atom is -1.00 e. The van der Waals surface area contributed by atoms with E-state index in [0.29, 0.717) is 0 Å².